The molecule has 7 heteroatoms. The van der Waals surface area contributed by atoms with Gasteiger partial charge in [-0.15, -0.1) is 0 Å². The molecule has 1 aromatic heterocycles. The Morgan fingerprint density at radius 2 is 2.30 bits per heavy atom. The maximum Gasteiger partial charge on any atom is 0.166 e. The third kappa shape index (κ3) is 3.21. The smallest absolute Gasteiger partial charge is 0.166 e. The quantitative estimate of drug-likeness (QED) is 0.884. The predicted molar refractivity (Wildman–Crippen MR) is 82.5 cm³/mol. The zero-order chi connectivity index (χ0) is 14.8. The number of furan rings is 1. The zero-order valence-corrected chi connectivity index (χ0v) is 13.5. The highest BCUT2D eigenvalue weighted by Gasteiger charge is 2.37. The van der Waals surface area contributed by atoms with Crippen LogP contribution in [0.25, 0.3) is 0 Å². The molecule has 1 aliphatic rings. The lowest BCUT2D eigenvalue weighted by atomic mass is 10.2. The van der Waals surface area contributed by atoms with E-state index in [9.17, 15) is 8.42 Å². The number of nitrogens with two attached hydrogens (primary N) is 1. The van der Waals surface area contributed by atoms with Gasteiger partial charge in [-0.2, -0.15) is 11.8 Å². The Balaban J connectivity index is 2.30. The van der Waals surface area contributed by atoms with Crippen molar-refractivity contribution in [2.24, 2.45) is 5.73 Å². The van der Waals surface area contributed by atoms with Crippen molar-refractivity contribution in [2.45, 2.75) is 25.3 Å². The van der Waals surface area contributed by atoms with Gasteiger partial charge in [0.05, 0.1) is 6.04 Å². The Morgan fingerprint density at radius 3 is 2.85 bits per heavy atom. The molecule has 1 aliphatic heterocycles. The molecule has 0 spiro atoms. The summed E-state index contributed by atoms with van der Waals surface area (Å²) in [6.07, 6.45) is 0. The highest BCUT2D eigenvalue weighted by Crippen LogP contribution is 2.30. The molecule has 2 N–H and O–H groups in total. The fourth-order valence-electron chi connectivity index (χ4n) is 2.50. The van der Waals surface area contributed by atoms with E-state index < -0.39 is 15.2 Å². The van der Waals surface area contributed by atoms with E-state index >= 15 is 0 Å². The van der Waals surface area contributed by atoms with Crippen molar-refractivity contribution < 1.29 is 12.8 Å². The lowest BCUT2D eigenvalue weighted by Gasteiger charge is -2.39. The van der Waals surface area contributed by atoms with Crippen LogP contribution >= 0.6 is 11.8 Å². The van der Waals surface area contributed by atoms with Crippen LogP contribution < -0.4 is 5.73 Å². The van der Waals surface area contributed by atoms with Gasteiger partial charge in [-0.1, -0.05) is 6.92 Å². The van der Waals surface area contributed by atoms with Crippen LogP contribution in [0, 0.1) is 6.92 Å². The van der Waals surface area contributed by atoms with Gasteiger partial charge in [0.1, 0.15) is 16.9 Å². The van der Waals surface area contributed by atoms with Crippen molar-refractivity contribution >= 4 is 21.6 Å². The second-order valence-electron chi connectivity index (χ2n) is 4.92. The molecule has 2 unspecified atom stereocenters. The second kappa shape index (κ2) is 6.51. The number of sulfone groups is 1. The van der Waals surface area contributed by atoms with Crippen molar-refractivity contribution in [2.75, 3.05) is 30.3 Å². The Hall–Kier alpha value is -0.500. The van der Waals surface area contributed by atoms with Crippen molar-refractivity contribution in [3.8, 4) is 0 Å². The summed E-state index contributed by atoms with van der Waals surface area (Å²) in [7, 11) is -3.12. The van der Waals surface area contributed by atoms with Gasteiger partial charge in [-0.3, -0.25) is 4.90 Å². The average molecular weight is 318 g/mol. The van der Waals surface area contributed by atoms with Gasteiger partial charge in [-0.25, -0.2) is 8.42 Å². The molecule has 2 rings (SSSR count). The number of aryl methyl sites for hydroxylation is 1. The number of hydrogen-bond acceptors (Lipinski definition) is 6. The molecule has 5 nitrogen and oxygen atoms in total. The summed E-state index contributed by atoms with van der Waals surface area (Å²) in [4.78, 5) is 1.99. The minimum Gasteiger partial charge on any atom is -0.465 e. The first-order valence-electron chi connectivity index (χ1n) is 6.81. The number of rotatable bonds is 5. The SMILES string of the molecule is CCS(=O)(=O)C1CSCCN1C(CN)c1ccc(C)o1. The van der Waals surface area contributed by atoms with E-state index in [2.05, 4.69) is 0 Å². The van der Waals surface area contributed by atoms with Gasteiger partial charge >= 0.3 is 0 Å². The van der Waals surface area contributed by atoms with E-state index in [1.807, 2.05) is 24.0 Å². The number of nitrogens with zero attached hydrogens (tertiary/aromatic N) is 1. The normalized spacial score (nSPS) is 22.9. The molecule has 2 heterocycles. The summed E-state index contributed by atoms with van der Waals surface area (Å²) in [6, 6.07) is 3.61. The first kappa shape index (κ1) is 15.9. The van der Waals surface area contributed by atoms with Gasteiger partial charge in [0.25, 0.3) is 0 Å². The lowest BCUT2D eigenvalue weighted by molar-refractivity contribution is 0.174. The number of thioether (sulfide) groups is 1. The third-order valence-electron chi connectivity index (χ3n) is 3.65. The van der Waals surface area contributed by atoms with Crippen molar-refractivity contribution in [1.82, 2.24) is 4.90 Å². The van der Waals surface area contributed by atoms with Crippen LogP contribution in [0.2, 0.25) is 0 Å². The number of hydrogen-bond donors (Lipinski definition) is 1. The van der Waals surface area contributed by atoms with Gasteiger partial charge in [0.2, 0.25) is 0 Å². The summed E-state index contributed by atoms with van der Waals surface area (Å²) in [5.74, 6) is 3.26. The molecule has 0 saturated carbocycles. The van der Waals surface area contributed by atoms with E-state index in [1.54, 1.807) is 18.7 Å². The standard InChI is InChI=1S/C13H22N2O3S2/c1-3-20(16,17)13-9-19-7-6-15(13)11(8-14)12-5-4-10(2)18-12/h4-5,11,13H,3,6-9,14H2,1-2H3. The van der Waals surface area contributed by atoms with Crippen LogP contribution in [0.3, 0.4) is 0 Å². The van der Waals surface area contributed by atoms with Crippen LogP contribution in [0.15, 0.2) is 16.5 Å². The van der Waals surface area contributed by atoms with Crippen molar-refractivity contribution in [3.05, 3.63) is 23.7 Å². The molecule has 0 aliphatic carbocycles. The van der Waals surface area contributed by atoms with E-state index in [1.165, 1.54) is 0 Å². The molecular formula is C13H22N2O3S2. The Labute approximate surface area is 124 Å². The molecule has 20 heavy (non-hydrogen) atoms. The average Bonchev–Trinajstić information content (AvgIpc) is 2.86. The van der Waals surface area contributed by atoms with E-state index in [-0.39, 0.29) is 11.8 Å². The molecule has 0 radical (unpaired) electrons. The molecule has 1 aromatic rings. The Morgan fingerprint density at radius 1 is 1.55 bits per heavy atom. The molecule has 1 saturated heterocycles. The van der Waals surface area contributed by atoms with Crippen LogP contribution in [0.5, 0.6) is 0 Å². The van der Waals surface area contributed by atoms with E-state index in [0.717, 1.165) is 23.8 Å². The van der Waals surface area contributed by atoms with Crippen molar-refractivity contribution in [3.63, 3.8) is 0 Å². The van der Waals surface area contributed by atoms with Gasteiger partial charge < -0.3 is 10.2 Å². The molecule has 0 bridgehead atoms. The summed E-state index contributed by atoms with van der Waals surface area (Å²) in [6.45, 7) is 4.65. The minimum atomic E-state index is -3.12. The van der Waals surface area contributed by atoms with E-state index in [4.69, 9.17) is 10.2 Å². The minimum absolute atomic E-state index is 0.156. The topological polar surface area (TPSA) is 76.5 Å². The summed E-state index contributed by atoms with van der Waals surface area (Å²) >= 11 is 1.69. The Bertz CT molecular complexity index is 542. The largest absolute Gasteiger partial charge is 0.465 e. The van der Waals surface area contributed by atoms with Gasteiger partial charge in [-0.05, 0) is 19.1 Å². The summed E-state index contributed by atoms with van der Waals surface area (Å²) in [5.41, 5.74) is 5.89. The first-order chi connectivity index (χ1) is 9.49. The molecular weight excluding hydrogens is 296 g/mol. The lowest BCUT2D eigenvalue weighted by Crippen LogP contribution is -2.50. The molecule has 2 atom stereocenters. The van der Waals surface area contributed by atoms with Crippen molar-refractivity contribution in [1.29, 1.82) is 0 Å². The molecule has 114 valence electrons. The van der Waals surface area contributed by atoms with Gasteiger partial charge in [0, 0.05) is 30.3 Å². The summed E-state index contributed by atoms with van der Waals surface area (Å²) in [5, 5.41) is -0.467. The summed E-state index contributed by atoms with van der Waals surface area (Å²) < 4.78 is 30.3. The predicted octanol–water partition coefficient (Wildman–Crippen LogP) is 1.40. The van der Waals surface area contributed by atoms with Gasteiger partial charge in [0.15, 0.2) is 9.84 Å². The van der Waals surface area contributed by atoms with Crippen LogP contribution in [0.1, 0.15) is 24.5 Å². The maximum absolute atomic E-state index is 12.3. The Kier molecular flexibility index (Phi) is 5.17. The molecule has 0 aromatic carbocycles. The fourth-order valence-corrected chi connectivity index (χ4v) is 5.57. The second-order valence-corrected chi connectivity index (χ2v) is 8.52. The van der Waals surface area contributed by atoms with E-state index in [0.29, 0.717) is 12.3 Å². The van der Waals surface area contributed by atoms with Crippen LogP contribution in [0.4, 0.5) is 0 Å². The first-order valence-corrected chi connectivity index (χ1v) is 9.68. The molecule has 1 fully saturated rings. The fraction of sp³-hybridized carbons (Fsp3) is 0.692. The monoisotopic (exact) mass is 318 g/mol. The van der Waals surface area contributed by atoms with Crippen LogP contribution in [-0.4, -0.2) is 49.0 Å². The zero-order valence-electron chi connectivity index (χ0n) is 11.9. The third-order valence-corrected chi connectivity index (χ3v) is 6.96. The maximum atomic E-state index is 12.3. The highest BCUT2D eigenvalue weighted by atomic mass is 32.2. The molecule has 0 amide bonds. The van der Waals surface area contributed by atoms with Crippen LogP contribution in [-0.2, 0) is 9.84 Å². The highest BCUT2D eigenvalue weighted by molar-refractivity contribution is 8.01.